The summed E-state index contributed by atoms with van der Waals surface area (Å²) < 4.78 is 10.8. The molecule has 0 fully saturated rings. The van der Waals surface area contributed by atoms with Crippen LogP contribution in [0.1, 0.15) is 26.0 Å². The predicted molar refractivity (Wildman–Crippen MR) is 76.1 cm³/mol. The summed E-state index contributed by atoms with van der Waals surface area (Å²) in [5, 5.41) is 3.90. The van der Waals surface area contributed by atoms with E-state index in [1.54, 1.807) is 7.11 Å². The average molecular weight is 260 g/mol. The quantitative estimate of drug-likeness (QED) is 0.893. The van der Waals surface area contributed by atoms with E-state index in [-0.39, 0.29) is 0 Å². The van der Waals surface area contributed by atoms with E-state index < -0.39 is 0 Å². The van der Waals surface area contributed by atoms with Gasteiger partial charge in [-0.25, -0.2) is 0 Å². The van der Waals surface area contributed by atoms with Gasteiger partial charge in [-0.3, -0.25) is 0 Å². The molecule has 0 aliphatic heterocycles. The number of anilines is 1. The smallest absolute Gasteiger partial charge is 0.175 e. The van der Waals surface area contributed by atoms with Crippen molar-refractivity contribution >= 4 is 5.82 Å². The number of hydrogen-bond acceptors (Lipinski definition) is 4. The lowest BCUT2D eigenvalue weighted by atomic mass is 9.97. The highest BCUT2D eigenvalue weighted by Crippen LogP contribution is 2.37. The van der Waals surface area contributed by atoms with Crippen molar-refractivity contribution in [3.8, 4) is 16.9 Å². The van der Waals surface area contributed by atoms with Gasteiger partial charge in [0.15, 0.2) is 5.82 Å². The lowest BCUT2D eigenvalue weighted by Gasteiger charge is -2.10. The molecule has 2 rings (SSSR count). The van der Waals surface area contributed by atoms with Crippen LogP contribution >= 0.6 is 0 Å². The first kappa shape index (κ1) is 13.5. The van der Waals surface area contributed by atoms with Crippen molar-refractivity contribution in [2.45, 2.75) is 26.7 Å². The summed E-state index contributed by atoms with van der Waals surface area (Å²) in [5.41, 5.74) is 7.75. The molecule has 4 nitrogen and oxygen atoms in total. The zero-order valence-corrected chi connectivity index (χ0v) is 11.6. The Hall–Kier alpha value is -1.97. The molecule has 1 aromatic carbocycles. The maximum atomic E-state index is 5.95. The number of benzene rings is 1. The SMILES string of the molecule is CCC(C)Cc1onc(N)c1-c1ccccc1OC. The van der Waals surface area contributed by atoms with E-state index in [9.17, 15) is 0 Å². The molecular formula is C15H20N2O2. The molecule has 1 atom stereocenters. The molecule has 1 unspecified atom stereocenters. The Labute approximate surface area is 113 Å². The third kappa shape index (κ3) is 2.72. The van der Waals surface area contributed by atoms with Gasteiger partial charge >= 0.3 is 0 Å². The maximum absolute atomic E-state index is 5.95. The van der Waals surface area contributed by atoms with Crippen molar-refractivity contribution in [3.63, 3.8) is 0 Å². The number of nitrogens with two attached hydrogens (primary N) is 1. The first-order valence-corrected chi connectivity index (χ1v) is 6.54. The second kappa shape index (κ2) is 5.78. The van der Waals surface area contributed by atoms with E-state index in [1.165, 1.54) is 0 Å². The monoisotopic (exact) mass is 260 g/mol. The Morgan fingerprint density at radius 2 is 2.11 bits per heavy atom. The summed E-state index contributed by atoms with van der Waals surface area (Å²) >= 11 is 0. The molecule has 102 valence electrons. The van der Waals surface area contributed by atoms with Crippen molar-refractivity contribution < 1.29 is 9.26 Å². The summed E-state index contributed by atoms with van der Waals surface area (Å²) in [5.74, 6) is 2.56. The van der Waals surface area contributed by atoms with Crippen LogP contribution in [0.5, 0.6) is 5.75 Å². The van der Waals surface area contributed by atoms with Crippen LogP contribution in [-0.4, -0.2) is 12.3 Å². The normalized spacial score (nSPS) is 12.4. The van der Waals surface area contributed by atoms with Crippen LogP contribution in [0.25, 0.3) is 11.1 Å². The van der Waals surface area contributed by atoms with Crippen molar-refractivity contribution in [2.75, 3.05) is 12.8 Å². The number of rotatable bonds is 5. The molecule has 0 bridgehead atoms. The maximum Gasteiger partial charge on any atom is 0.175 e. The van der Waals surface area contributed by atoms with Gasteiger partial charge in [-0.05, 0) is 12.0 Å². The van der Waals surface area contributed by atoms with Gasteiger partial charge in [0.25, 0.3) is 0 Å². The molecule has 2 aromatic rings. The second-order valence-corrected chi connectivity index (χ2v) is 4.78. The summed E-state index contributed by atoms with van der Waals surface area (Å²) in [6.45, 7) is 4.35. The highest BCUT2D eigenvalue weighted by molar-refractivity contribution is 5.80. The standard InChI is InChI=1S/C15H20N2O2/c1-4-10(2)9-13-14(15(16)17-19-13)11-7-5-6-8-12(11)18-3/h5-8,10H,4,9H2,1-3H3,(H2,16,17). The number of nitrogen functional groups attached to an aromatic ring is 1. The third-order valence-corrected chi connectivity index (χ3v) is 3.40. The number of nitrogens with zero attached hydrogens (tertiary/aromatic N) is 1. The first-order valence-electron chi connectivity index (χ1n) is 6.54. The summed E-state index contributed by atoms with van der Waals surface area (Å²) in [6, 6.07) is 7.77. The van der Waals surface area contributed by atoms with Gasteiger partial charge in [-0.1, -0.05) is 43.6 Å². The summed E-state index contributed by atoms with van der Waals surface area (Å²) in [6.07, 6.45) is 1.92. The van der Waals surface area contributed by atoms with Crippen LogP contribution in [0.2, 0.25) is 0 Å². The van der Waals surface area contributed by atoms with Crippen LogP contribution < -0.4 is 10.5 Å². The van der Waals surface area contributed by atoms with Crippen LogP contribution in [0.4, 0.5) is 5.82 Å². The van der Waals surface area contributed by atoms with E-state index in [1.807, 2.05) is 24.3 Å². The van der Waals surface area contributed by atoms with E-state index in [4.69, 9.17) is 15.0 Å². The van der Waals surface area contributed by atoms with Crippen molar-refractivity contribution in [1.82, 2.24) is 5.16 Å². The fourth-order valence-corrected chi connectivity index (χ4v) is 2.08. The van der Waals surface area contributed by atoms with Gasteiger partial charge in [-0.2, -0.15) is 0 Å². The minimum atomic E-state index is 0.419. The van der Waals surface area contributed by atoms with Gasteiger partial charge in [-0.15, -0.1) is 0 Å². The molecule has 1 aromatic heterocycles. The van der Waals surface area contributed by atoms with Crippen LogP contribution in [0.3, 0.4) is 0 Å². The minimum Gasteiger partial charge on any atom is -0.496 e. The van der Waals surface area contributed by atoms with Crippen molar-refractivity contribution in [3.05, 3.63) is 30.0 Å². The molecule has 0 amide bonds. The number of para-hydroxylation sites is 1. The molecule has 0 saturated heterocycles. The van der Waals surface area contributed by atoms with Gasteiger partial charge in [0.1, 0.15) is 11.5 Å². The number of methoxy groups -OCH3 is 1. The van der Waals surface area contributed by atoms with Crippen molar-refractivity contribution in [1.29, 1.82) is 0 Å². The van der Waals surface area contributed by atoms with E-state index in [0.29, 0.717) is 11.7 Å². The minimum absolute atomic E-state index is 0.419. The van der Waals surface area contributed by atoms with Gasteiger partial charge < -0.3 is 15.0 Å². The molecule has 0 aliphatic carbocycles. The number of ether oxygens (including phenoxy) is 1. The third-order valence-electron chi connectivity index (χ3n) is 3.40. The van der Waals surface area contributed by atoms with Crippen LogP contribution in [-0.2, 0) is 6.42 Å². The van der Waals surface area contributed by atoms with E-state index in [2.05, 4.69) is 19.0 Å². The molecule has 1 heterocycles. The second-order valence-electron chi connectivity index (χ2n) is 4.78. The first-order chi connectivity index (χ1) is 9.17. The Morgan fingerprint density at radius 1 is 1.37 bits per heavy atom. The Kier molecular flexibility index (Phi) is 4.10. The molecule has 4 heteroatoms. The molecule has 0 saturated carbocycles. The Morgan fingerprint density at radius 3 is 2.79 bits per heavy atom. The molecule has 0 radical (unpaired) electrons. The lowest BCUT2D eigenvalue weighted by molar-refractivity contribution is 0.364. The molecule has 2 N–H and O–H groups in total. The zero-order chi connectivity index (χ0) is 13.8. The summed E-state index contributed by atoms with van der Waals surface area (Å²) in [7, 11) is 1.65. The largest absolute Gasteiger partial charge is 0.496 e. The molecule has 0 aliphatic rings. The molecular weight excluding hydrogens is 240 g/mol. The van der Waals surface area contributed by atoms with Crippen LogP contribution in [0.15, 0.2) is 28.8 Å². The molecule has 0 spiro atoms. The topological polar surface area (TPSA) is 61.3 Å². The highest BCUT2D eigenvalue weighted by atomic mass is 16.5. The zero-order valence-electron chi connectivity index (χ0n) is 11.6. The Balaban J connectivity index is 2.46. The van der Waals surface area contributed by atoms with Gasteiger partial charge in [0.2, 0.25) is 0 Å². The lowest BCUT2D eigenvalue weighted by Crippen LogP contribution is -1.99. The Bertz CT molecular complexity index is 549. The van der Waals surface area contributed by atoms with E-state index in [0.717, 1.165) is 35.5 Å². The fraction of sp³-hybridized carbons (Fsp3) is 0.400. The number of aromatic nitrogens is 1. The van der Waals surface area contributed by atoms with Gasteiger partial charge in [0, 0.05) is 12.0 Å². The number of hydrogen-bond donors (Lipinski definition) is 1. The average Bonchev–Trinajstić information content (AvgIpc) is 2.79. The van der Waals surface area contributed by atoms with Crippen molar-refractivity contribution in [2.24, 2.45) is 5.92 Å². The predicted octanol–water partition coefficient (Wildman–Crippen LogP) is 3.52. The van der Waals surface area contributed by atoms with E-state index >= 15 is 0 Å². The fourth-order valence-electron chi connectivity index (χ4n) is 2.08. The van der Waals surface area contributed by atoms with Gasteiger partial charge in [0.05, 0.1) is 12.7 Å². The molecule has 19 heavy (non-hydrogen) atoms. The van der Waals surface area contributed by atoms with Crippen LogP contribution in [0, 0.1) is 5.92 Å². The summed E-state index contributed by atoms with van der Waals surface area (Å²) in [4.78, 5) is 0. The highest BCUT2D eigenvalue weighted by Gasteiger charge is 2.20.